The lowest BCUT2D eigenvalue weighted by molar-refractivity contribution is -0.137. The van der Waals surface area contributed by atoms with Gasteiger partial charge in [0.25, 0.3) is 0 Å². The number of aliphatic hydroxyl groups excluding tert-OH is 1. The maximum absolute atomic E-state index is 12.8. The van der Waals surface area contributed by atoms with Crippen LogP contribution in [-0.2, 0) is 24.6 Å². The number of hydrogen-bond donors (Lipinski definition) is 2. The number of fused-ring (bicyclic) bond motifs is 1. The summed E-state index contributed by atoms with van der Waals surface area (Å²) >= 11 is 0. The minimum absolute atomic E-state index is 0.127. The van der Waals surface area contributed by atoms with Crippen LogP contribution in [0, 0.1) is 0 Å². The molecule has 1 saturated heterocycles. The van der Waals surface area contributed by atoms with Crippen molar-refractivity contribution in [1.82, 2.24) is 19.8 Å². The van der Waals surface area contributed by atoms with Gasteiger partial charge >= 0.3 is 6.18 Å². The highest BCUT2D eigenvalue weighted by Crippen LogP contribution is 2.31. The molecule has 1 aromatic heterocycles. The molecule has 0 unspecified atom stereocenters. The van der Waals surface area contributed by atoms with E-state index in [2.05, 4.69) is 10.3 Å². The topological polar surface area (TPSA) is 70.4 Å². The van der Waals surface area contributed by atoms with Crippen molar-refractivity contribution in [3.8, 4) is 0 Å². The van der Waals surface area contributed by atoms with Gasteiger partial charge in [0, 0.05) is 13.6 Å². The zero-order valence-corrected chi connectivity index (χ0v) is 14.4. The molecule has 0 aliphatic carbocycles. The van der Waals surface area contributed by atoms with Crippen molar-refractivity contribution in [2.75, 3.05) is 19.6 Å². The molecule has 0 spiro atoms. The summed E-state index contributed by atoms with van der Waals surface area (Å²) < 4.78 is 40.1. The molecular formula is C17H21F3N4O2. The fourth-order valence-corrected chi connectivity index (χ4v) is 3.20. The second-order valence-corrected chi connectivity index (χ2v) is 6.60. The highest BCUT2D eigenvalue weighted by Gasteiger charge is 2.31. The Hall–Kier alpha value is -2.13. The smallest absolute Gasteiger partial charge is 0.392 e. The molecule has 1 amide bonds. The van der Waals surface area contributed by atoms with E-state index in [0.29, 0.717) is 17.9 Å². The minimum atomic E-state index is -4.42. The van der Waals surface area contributed by atoms with Crippen LogP contribution < -0.4 is 5.32 Å². The molecule has 1 aromatic carbocycles. The molecule has 2 N–H and O–H groups in total. The number of benzene rings is 1. The van der Waals surface area contributed by atoms with E-state index in [4.69, 9.17) is 0 Å². The summed E-state index contributed by atoms with van der Waals surface area (Å²) in [7, 11) is 1.70. The number of nitrogens with zero attached hydrogens (tertiary/aromatic N) is 3. The van der Waals surface area contributed by atoms with E-state index in [1.54, 1.807) is 11.6 Å². The first-order chi connectivity index (χ1) is 12.2. The van der Waals surface area contributed by atoms with Crippen LogP contribution in [0.4, 0.5) is 13.2 Å². The zero-order valence-electron chi connectivity index (χ0n) is 14.4. The van der Waals surface area contributed by atoms with Crippen molar-refractivity contribution in [3.63, 3.8) is 0 Å². The molecule has 2 heterocycles. The Bertz CT molecular complexity index is 803. The second kappa shape index (κ2) is 7.24. The number of rotatable bonds is 4. The summed E-state index contributed by atoms with van der Waals surface area (Å²) in [5, 5.41) is 12.4. The van der Waals surface area contributed by atoms with Crippen molar-refractivity contribution < 1.29 is 23.1 Å². The van der Waals surface area contributed by atoms with Gasteiger partial charge in [-0.2, -0.15) is 13.2 Å². The zero-order chi connectivity index (χ0) is 18.9. The van der Waals surface area contributed by atoms with E-state index in [-0.39, 0.29) is 24.5 Å². The SMILES string of the molecule is Cn1c(CNC(=O)CN2CCC[C@@H](O)C2)nc2cc(C(F)(F)F)ccc21. The number of aromatic nitrogens is 2. The molecule has 26 heavy (non-hydrogen) atoms. The number of β-amino-alcohol motifs (C(OH)–C–C–N with tert-alkyl or cyclic N) is 1. The highest BCUT2D eigenvalue weighted by atomic mass is 19.4. The number of hydrogen-bond acceptors (Lipinski definition) is 4. The van der Waals surface area contributed by atoms with E-state index in [1.165, 1.54) is 6.07 Å². The average molecular weight is 370 g/mol. The summed E-state index contributed by atoms with van der Waals surface area (Å²) in [5.41, 5.74) is 0.0643. The number of amides is 1. The van der Waals surface area contributed by atoms with Crippen LogP contribution >= 0.6 is 0 Å². The van der Waals surface area contributed by atoms with Crippen LogP contribution in [0.1, 0.15) is 24.2 Å². The van der Waals surface area contributed by atoms with Crippen molar-refractivity contribution in [2.45, 2.75) is 31.7 Å². The Labute approximate surface area is 148 Å². The van der Waals surface area contributed by atoms with Gasteiger partial charge in [0.05, 0.1) is 35.8 Å². The molecule has 0 bridgehead atoms. The van der Waals surface area contributed by atoms with Gasteiger partial charge in [-0.25, -0.2) is 4.98 Å². The lowest BCUT2D eigenvalue weighted by Crippen LogP contribution is -2.44. The molecule has 0 saturated carbocycles. The van der Waals surface area contributed by atoms with Gasteiger partial charge in [-0.3, -0.25) is 9.69 Å². The predicted octanol–water partition coefficient (Wildman–Crippen LogP) is 1.66. The van der Waals surface area contributed by atoms with Crippen molar-refractivity contribution >= 4 is 16.9 Å². The molecule has 1 aliphatic heterocycles. The van der Waals surface area contributed by atoms with Crippen LogP contribution in [0.2, 0.25) is 0 Å². The average Bonchev–Trinajstić information content (AvgIpc) is 2.88. The normalized spacial score (nSPS) is 19.0. The first-order valence-electron chi connectivity index (χ1n) is 8.43. The monoisotopic (exact) mass is 370 g/mol. The number of carbonyl (C=O) groups excluding carboxylic acids is 1. The number of nitrogens with one attached hydrogen (secondary N) is 1. The molecule has 1 atom stereocenters. The summed E-state index contributed by atoms with van der Waals surface area (Å²) in [6.45, 7) is 1.54. The largest absolute Gasteiger partial charge is 0.416 e. The standard InChI is InChI=1S/C17H21F3N4O2/c1-23-14-5-4-11(17(18,19)20)7-13(14)22-15(23)8-21-16(26)10-24-6-2-3-12(25)9-24/h4-5,7,12,25H,2-3,6,8-10H2,1H3,(H,21,26)/t12-/m1/s1. The van der Waals surface area contributed by atoms with Crippen molar-refractivity contribution in [2.24, 2.45) is 7.05 Å². The van der Waals surface area contributed by atoms with Crippen LogP contribution in [0.25, 0.3) is 11.0 Å². The maximum Gasteiger partial charge on any atom is 0.416 e. The van der Waals surface area contributed by atoms with Gasteiger partial charge in [0.2, 0.25) is 5.91 Å². The van der Waals surface area contributed by atoms with E-state index >= 15 is 0 Å². The van der Waals surface area contributed by atoms with Gasteiger partial charge < -0.3 is 15.0 Å². The van der Waals surface area contributed by atoms with Gasteiger partial charge in [0.1, 0.15) is 5.82 Å². The second-order valence-electron chi connectivity index (χ2n) is 6.60. The number of halogens is 3. The summed E-state index contributed by atoms with van der Waals surface area (Å²) in [6, 6.07) is 3.41. The molecule has 6 nitrogen and oxygen atoms in total. The maximum atomic E-state index is 12.8. The molecule has 3 rings (SSSR count). The van der Waals surface area contributed by atoms with Gasteiger partial charge in [-0.05, 0) is 37.6 Å². The number of aliphatic hydroxyl groups is 1. The fourth-order valence-electron chi connectivity index (χ4n) is 3.20. The van der Waals surface area contributed by atoms with Crippen LogP contribution in [0.5, 0.6) is 0 Å². The van der Waals surface area contributed by atoms with E-state index in [0.717, 1.165) is 31.5 Å². The van der Waals surface area contributed by atoms with Gasteiger partial charge in [-0.15, -0.1) is 0 Å². The van der Waals surface area contributed by atoms with Crippen LogP contribution in [0.15, 0.2) is 18.2 Å². The number of carbonyl (C=O) groups is 1. The predicted molar refractivity (Wildman–Crippen MR) is 89.2 cm³/mol. The summed E-state index contributed by atoms with van der Waals surface area (Å²) in [4.78, 5) is 18.2. The quantitative estimate of drug-likeness (QED) is 0.859. The lowest BCUT2D eigenvalue weighted by Gasteiger charge is -2.29. The Kier molecular flexibility index (Phi) is 5.19. The van der Waals surface area contributed by atoms with Crippen LogP contribution in [-0.4, -0.2) is 51.2 Å². The fraction of sp³-hybridized carbons (Fsp3) is 0.529. The lowest BCUT2D eigenvalue weighted by atomic mass is 10.1. The molecular weight excluding hydrogens is 349 g/mol. The number of likely N-dealkylation sites (tertiary alicyclic amines) is 1. The number of imidazole rings is 1. The third kappa shape index (κ3) is 4.16. The molecule has 1 fully saturated rings. The van der Waals surface area contributed by atoms with Crippen molar-refractivity contribution in [3.05, 3.63) is 29.6 Å². The number of aryl methyl sites for hydroxylation is 1. The first-order valence-corrected chi connectivity index (χ1v) is 8.43. The summed E-state index contributed by atoms with van der Waals surface area (Å²) in [5.74, 6) is 0.272. The van der Waals surface area contributed by atoms with Crippen LogP contribution in [0.3, 0.4) is 0 Å². The molecule has 0 radical (unpaired) electrons. The number of alkyl halides is 3. The van der Waals surface area contributed by atoms with Gasteiger partial charge in [-0.1, -0.05) is 0 Å². The number of piperidine rings is 1. The molecule has 142 valence electrons. The van der Waals surface area contributed by atoms with E-state index in [9.17, 15) is 23.1 Å². The van der Waals surface area contributed by atoms with Crippen molar-refractivity contribution in [1.29, 1.82) is 0 Å². The Morgan fingerprint density at radius 2 is 2.19 bits per heavy atom. The Morgan fingerprint density at radius 3 is 2.88 bits per heavy atom. The third-order valence-electron chi connectivity index (χ3n) is 4.59. The molecule has 2 aromatic rings. The molecule has 1 aliphatic rings. The Morgan fingerprint density at radius 1 is 1.42 bits per heavy atom. The third-order valence-corrected chi connectivity index (χ3v) is 4.59. The highest BCUT2D eigenvalue weighted by molar-refractivity contribution is 5.79. The first kappa shape index (κ1) is 18.7. The summed E-state index contributed by atoms with van der Waals surface area (Å²) in [6.07, 6.45) is -3.23. The van der Waals surface area contributed by atoms with E-state index in [1.807, 2.05) is 4.90 Å². The van der Waals surface area contributed by atoms with E-state index < -0.39 is 17.8 Å². The molecule has 9 heteroatoms. The Balaban J connectivity index is 1.65. The minimum Gasteiger partial charge on any atom is -0.392 e. The van der Waals surface area contributed by atoms with Gasteiger partial charge in [0.15, 0.2) is 0 Å².